The highest BCUT2D eigenvalue weighted by Gasteiger charge is 2.20. The third-order valence-electron chi connectivity index (χ3n) is 2.94. The molecular formula is C16H19NO3. The first-order valence-corrected chi connectivity index (χ1v) is 6.33. The monoisotopic (exact) mass is 273 g/mol. The fourth-order valence-electron chi connectivity index (χ4n) is 1.68. The van der Waals surface area contributed by atoms with Gasteiger partial charge >= 0.3 is 5.97 Å². The van der Waals surface area contributed by atoms with Crippen molar-refractivity contribution in [1.29, 1.82) is 0 Å². The Morgan fingerprint density at radius 2 is 1.85 bits per heavy atom. The number of carboxylic acid groups (broad SMARTS) is 1. The minimum absolute atomic E-state index is 0.00206. The minimum atomic E-state index is -1.14. The molecule has 0 radical (unpaired) electrons. The largest absolute Gasteiger partial charge is 0.480 e. The van der Waals surface area contributed by atoms with Crippen LogP contribution in [0.2, 0.25) is 0 Å². The van der Waals surface area contributed by atoms with Crippen molar-refractivity contribution in [3.63, 3.8) is 0 Å². The number of carbonyl (C=O) groups is 2. The molecule has 0 fully saturated rings. The lowest BCUT2D eigenvalue weighted by atomic mass is 9.86. The highest BCUT2D eigenvalue weighted by molar-refractivity contribution is 5.96. The number of carbonyl (C=O) groups excluding carboxylic acids is 1. The lowest BCUT2D eigenvalue weighted by molar-refractivity contribution is -0.139. The first-order chi connectivity index (χ1) is 9.25. The maximum atomic E-state index is 12.0. The Morgan fingerprint density at radius 1 is 1.30 bits per heavy atom. The number of carboxylic acids is 1. The van der Waals surface area contributed by atoms with E-state index in [4.69, 9.17) is 11.5 Å². The molecule has 1 aromatic rings. The molecule has 0 spiro atoms. The summed E-state index contributed by atoms with van der Waals surface area (Å²) >= 11 is 0. The average molecular weight is 273 g/mol. The quantitative estimate of drug-likeness (QED) is 0.826. The summed E-state index contributed by atoms with van der Waals surface area (Å²) in [4.78, 5) is 22.9. The summed E-state index contributed by atoms with van der Waals surface area (Å²) in [5.74, 6) is 0.666. The molecule has 1 amide bonds. The van der Waals surface area contributed by atoms with Gasteiger partial charge in [0.05, 0.1) is 0 Å². The van der Waals surface area contributed by atoms with Crippen LogP contribution < -0.4 is 5.32 Å². The fraction of sp³-hybridized carbons (Fsp3) is 0.375. The van der Waals surface area contributed by atoms with Gasteiger partial charge in [0, 0.05) is 12.0 Å². The summed E-state index contributed by atoms with van der Waals surface area (Å²) in [6, 6.07) is 6.04. The molecule has 0 aromatic heterocycles. The second kappa shape index (κ2) is 6.25. The Labute approximate surface area is 119 Å². The Hall–Kier alpha value is -2.28. The van der Waals surface area contributed by atoms with Crippen LogP contribution >= 0.6 is 0 Å². The van der Waals surface area contributed by atoms with Crippen molar-refractivity contribution in [1.82, 2.24) is 5.32 Å². The van der Waals surface area contributed by atoms with Crippen LogP contribution in [0.15, 0.2) is 24.3 Å². The van der Waals surface area contributed by atoms with Gasteiger partial charge in [0.15, 0.2) is 0 Å². The zero-order chi connectivity index (χ0) is 15.3. The molecule has 0 unspecified atom stereocenters. The van der Waals surface area contributed by atoms with Crippen LogP contribution in [-0.4, -0.2) is 23.0 Å². The Balaban J connectivity index is 2.83. The van der Waals surface area contributed by atoms with Gasteiger partial charge in [-0.05, 0) is 23.1 Å². The molecular weight excluding hydrogens is 254 g/mol. The number of amides is 1. The molecule has 0 aliphatic rings. The van der Waals surface area contributed by atoms with Crippen molar-refractivity contribution in [3.05, 3.63) is 35.4 Å². The predicted octanol–water partition coefficient (Wildman–Crippen LogP) is 2.19. The molecule has 4 nitrogen and oxygen atoms in total. The Kier molecular flexibility index (Phi) is 4.93. The first-order valence-electron chi connectivity index (χ1n) is 6.33. The molecule has 20 heavy (non-hydrogen) atoms. The highest BCUT2D eigenvalue weighted by atomic mass is 16.4. The lowest BCUT2D eigenvalue weighted by Gasteiger charge is -2.19. The SMILES string of the molecule is C#CC[C@@H](NC(=O)c1ccc(C(C)(C)C)cc1)C(=O)O. The summed E-state index contributed by atoms with van der Waals surface area (Å²) in [7, 11) is 0. The van der Waals surface area contributed by atoms with Gasteiger partial charge < -0.3 is 10.4 Å². The zero-order valence-electron chi connectivity index (χ0n) is 11.9. The molecule has 0 aliphatic heterocycles. The second-order valence-electron chi connectivity index (χ2n) is 5.60. The van der Waals surface area contributed by atoms with Gasteiger partial charge in [-0.3, -0.25) is 4.79 Å². The topological polar surface area (TPSA) is 66.4 Å². The number of nitrogens with one attached hydrogen (secondary N) is 1. The molecule has 106 valence electrons. The Bertz CT molecular complexity index is 532. The zero-order valence-corrected chi connectivity index (χ0v) is 11.9. The van der Waals surface area contributed by atoms with E-state index >= 15 is 0 Å². The maximum Gasteiger partial charge on any atom is 0.327 e. The third kappa shape index (κ3) is 4.13. The molecule has 1 atom stereocenters. The normalized spacial score (nSPS) is 12.3. The summed E-state index contributed by atoms with van der Waals surface area (Å²) in [5, 5.41) is 11.4. The molecule has 0 saturated carbocycles. The number of benzene rings is 1. The van der Waals surface area contributed by atoms with Crippen molar-refractivity contribution in [2.75, 3.05) is 0 Å². The summed E-state index contributed by atoms with van der Waals surface area (Å²) in [6.45, 7) is 6.24. The number of terminal acetylenes is 1. The van der Waals surface area contributed by atoms with Crippen molar-refractivity contribution < 1.29 is 14.7 Å². The van der Waals surface area contributed by atoms with E-state index in [-0.39, 0.29) is 11.8 Å². The smallest absolute Gasteiger partial charge is 0.327 e. The molecule has 0 heterocycles. The van der Waals surface area contributed by atoms with Gasteiger partial charge in [-0.25, -0.2) is 4.79 Å². The minimum Gasteiger partial charge on any atom is -0.480 e. The van der Waals surface area contributed by atoms with Gasteiger partial charge in [-0.2, -0.15) is 0 Å². The lowest BCUT2D eigenvalue weighted by Crippen LogP contribution is -2.40. The molecule has 0 saturated heterocycles. The van der Waals surface area contributed by atoms with E-state index in [2.05, 4.69) is 32.0 Å². The van der Waals surface area contributed by atoms with Crippen LogP contribution in [0, 0.1) is 12.3 Å². The standard InChI is InChI=1S/C16H19NO3/c1-5-6-13(15(19)20)17-14(18)11-7-9-12(10-8-11)16(2,3)4/h1,7-10,13H,6H2,2-4H3,(H,17,18)(H,19,20)/t13-/m1/s1. The maximum absolute atomic E-state index is 12.0. The number of rotatable bonds is 4. The third-order valence-corrected chi connectivity index (χ3v) is 2.94. The second-order valence-corrected chi connectivity index (χ2v) is 5.60. The summed E-state index contributed by atoms with van der Waals surface area (Å²) in [5.41, 5.74) is 1.52. The van der Waals surface area contributed by atoms with Crippen molar-refractivity contribution in [3.8, 4) is 12.3 Å². The van der Waals surface area contributed by atoms with E-state index in [0.717, 1.165) is 5.56 Å². The number of hydrogen-bond acceptors (Lipinski definition) is 2. The average Bonchev–Trinajstić information content (AvgIpc) is 2.37. The van der Waals surface area contributed by atoms with E-state index in [1.54, 1.807) is 12.1 Å². The Morgan fingerprint density at radius 3 is 2.25 bits per heavy atom. The highest BCUT2D eigenvalue weighted by Crippen LogP contribution is 2.22. The van der Waals surface area contributed by atoms with E-state index in [9.17, 15) is 9.59 Å². The van der Waals surface area contributed by atoms with Gasteiger partial charge in [-0.1, -0.05) is 32.9 Å². The van der Waals surface area contributed by atoms with Crippen molar-refractivity contribution in [2.24, 2.45) is 0 Å². The molecule has 0 bridgehead atoms. The van der Waals surface area contributed by atoms with Crippen molar-refractivity contribution in [2.45, 2.75) is 38.6 Å². The van der Waals surface area contributed by atoms with Crippen LogP contribution in [0.5, 0.6) is 0 Å². The van der Waals surface area contributed by atoms with E-state index < -0.39 is 17.9 Å². The van der Waals surface area contributed by atoms with Gasteiger partial charge in [-0.15, -0.1) is 12.3 Å². The molecule has 4 heteroatoms. The van der Waals surface area contributed by atoms with E-state index in [1.807, 2.05) is 12.1 Å². The van der Waals surface area contributed by atoms with Crippen LogP contribution in [0.3, 0.4) is 0 Å². The van der Waals surface area contributed by atoms with E-state index in [0.29, 0.717) is 5.56 Å². The van der Waals surface area contributed by atoms with Gasteiger partial charge in [0.2, 0.25) is 0 Å². The molecule has 0 aliphatic carbocycles. The first kappa shape index (κ1) is 15.8. The molecule has 2 N–H and O–H groups in total. The van der Waals surface area contributed by atoms with Crippen LogP contribution in [-0.2, 0) is 10.2 Å². The van der Waals surface area contributed by atoms with Crippen LogP contribution in [0.25, 0.3) is 0 Å². The number of aliphatic carboxylic acids is 1. The summed E-state index contributed by atoms with van der Waals surface area (Å²) in [6.07, 6.45) is 5.04. The van der Waals surface area contributed by atoms with Crippen LogP contribution in [0.1, 0.15) is 43.1 Å². The fourth-order valence-corrected chi connectivity index (χ4v) is 1.68. The van der Waals surface area contributed by atoms with Gasteiger partial charge in [0.25, 0.3) is 5.91 Å². The van der Waals surface area contributed by atoms with Crippen LogP contribution in [0.4, 0.5) is 0 Å². The van der Waals surface area contributed by atoms with Gasteiger partial charge in [0.1, 0.15) is 6.04 Å². The van der Waals surface area contributed by atoms with Crippen molar-refractivity contribution >= 4 is 11.9 Å². The summed E-state index contributed by atoms with van der Waals surface area (Å²) < 4.78 is 0. The van der Waals surface area contributed by atoms with E-state index in [1.165, 1.54) is 0 Å². The molecule has 1 rings (SSSR count). The number of hydrogen-bond donors (Lipinski definition) is 2. The predicted molar refractivity (Wildman–Crippen MR) is 77.5 cm³/mol. The molecule has 1 aromatic carbocycles.